The zero-order chi connectivity index (χ0) is 12.9. The van der Waals surface area contributed by atoms with Gasteiger partial charge in [0.1, 0.15) is 0 Å². The van der Waals surface area contributed by atoms with Gasteiger partial charge in [0.2, 0.25) is 0 Å². The molecule has 0 aliphatic heterocycles. The predicted molar refractivity (Wildman–Crippen MR) is 75.7 cm³/mol. The van der Waals surface area contributed by atoms with E-state index in [9.17, 15) is 0 Å². The molecule has 0 N–H and O–H groups in total. The molecule has 2 heteroatoms. The van der Waals surface area contributed by atoms with Crippen molar-refractivity contribution in [2.45, 2.75) is 45.6 Å². The lowest BCUT2D eigenvalue weighted by atomic mass is 10.2. The Hall–Kier alpha value is -0.860. The van der Waals surface area contributed by atoms with E-state index in [1.54, 1.807) is 0 Å². The Labute approximate surface area is 111 Å². The van der Waals surface area contributed by atoms with Crippen LogP contribution in [-0.4, -0.2) is 19.8 Å². The molecule has 0 bridgehead atoms. The summed E-state index contributed by atoms with van der Waals surface area (Å²) >= 11 is 0. The molecule has 0 aliphatic carbocycles. The second-order valence-corrected chi connectivity index (χ2v) is 4.56. The summed E-state index contributed by atoms with van der Waals surface area (Å²) in [5.74, 6) is 0. The van der Waals surface area contributed by atoms with Crippen LogP contribution in [0.4, 0.5) is 0 Å². The molecule has 0 unspecified atom stereocenters. The van der Waals surface area contributed by atoms with Gasteiger partial charge in [0.05, 0.1) is 19.8 Å². The van der Waals surface area contributed by atoms with Gasteiger partial charge in [0.25, 0.3) is 0 Å². The van der Waals surface area contributed by atoms with Gasteiger partial charge in [0, 0.05) is 6.61 Å². The molecule has 0 aliphatic rings. The summed E-state index contributed by atoms with van der Waals surface area (Å²) in [4.78, 5) is 0. The molecule has 0 radical (unpaired) electrons. The molecule has 0 atom stereocenters. The van der Waals surface area contributed by atoms with Crippen LogP contribution in [0, 0.1) is 0 Å². The molecule has 1 aromatic carbocycles. The third-order valence-corrected chi connectivity index (χ3v) is 2.88. The molecule has 0 spiro atoms. The van der Waals surface area contributed by atoms with E-state index in [1.807, 2.05) is 18.2 Å². The third-order valence-electron chi connectivity index (χ3n) is 2.88. The lowest BCUT2D eigenvalue weighted by molar-refractivity contribution is 0.0393. The highest BCUT2D eigenvalue weighted by Crippen LogP contribution is 2.02. The highest BCUT2D eigenvalue weighted by Gasteiger charge is 1.93. The standard InChI is InChI=1S/C16H26O2/c1-2-3-4-5-9-12-17-13-14-18-15-16-10-7-6-8-11-16/h6-8,10-11H,2-5,9,12-15H2,1H3. The van der Waals surface area contributed by atoms with E-state index in [2.05, 4.69) is 19.1 Å². The Morgan fingerprint density at radius 1 is 0.778 bits per heavy atom. The zero-order valence-electron chi connectivity index (χ0n) is 11.6. The van der Waals surface area contributed by atoms with Gasteiger partial charge in [-0.2, -0.15) is 0 Å². The highest BCUT2D eigenvalue weighted by molar-refractivity contribution is 5.13. The fraction of sp³-hybridized carbons (Fsp3) is 0.625. The Morgan fingerprint density at radius 3 is 2.28 bits per heavy atom. The number of unbranched alkanes of at least 4 members (excludes halogenated alkanes) is 4. The number of rotatable bonds is 11. The van der Waals surface area contributed by atoms with Crippen molar-refractivity contribution in [3.8, 4) is 0 Å². The molecule has 1 aromatic rings. The zero-order valence-corrected chi connectivity index (χ0v) is 11.6. The van der Waals surface area contributed by atoms with Crippen molar-refractivity contribution in [2.24, 2.45) is 0 Å². The first kappa shape index (κ1) is 15.2. The summed E-state index contributed by atoms with van der Waals surface area (Å²) in [7, 11) is 0. The van der Waals surface area contributed by atoms with Crippen LogP contribution in [-0.2, 0) is 16.1 Å². The van der Waals surface area contributed by atoms with Crippen molar-refractivity contribution < 1.29 is 9.47 Å². The maximum absolute atomic E-state index is 5.54. The van der Waals surface area contributed by atoms with Gasteiger partial charge in [-0.3, -0.25) is 0 Å². The molecule has 1 rings (SSSR count). The monoisotopic (exact) mass is 250 g/mol. The summed E-state index contributed by atoms with van der Waals surface area (Å²) in [5.41, 5.74) is 1.22. The van der Waals surface area contributed by atoms with Crippen LogP contribution < -0.4 is 0 Å². The lowest BCUT2D eigenvalue weighted by Crippen LogP contribution is -2.05. The number of ether oxygens (including phenoxy) is 2. The Morgan fingerprint density at radius 2 is 1.50 bits per heavy atom. The summed E-state index contributed by atoms with van der Waals surface area (Å²) in [5, 5.41) is 0. The Balaban J connectivity index is 1.82. The van der Waals surface area contributed by atoms with E-state index < -0.39 is 0 Å². The summed E-state index contributed by atoms with van der Waals surface area (Å²) in [6.07, 6.45) is 6.45. The fourth-order valence-electron chi connectivity index (χ4n) is 1.79. The molecular weight excluding hydrogens is 224 g/mol. The molecule has 0 aromatic heterocycles. The van der Waals surface area contributed by atoms with E-state index in [1.165, 1.54) is 37.7 Å². The minimum Gasteiger partial charge on any atom is -0.379 e. The minimum absolute atomic E-state index is 0.681. The average Bonchev–Trinajstić information content (AvgIpc) is 2.42. The normalized spacial score (nSPS) is 10.7. The van der Waals surface area contributed by atoms with Crippen molar-refractivity contribution in [3.05, 3.63) is 35.9 Å². The number of hydrogen-bond acceptors (Lipinski definition) is 2. The highest BCUT2D eigenvalue weighted by atomic mass is 16.5. The molecule has 0 heterocycles. The van der Waals surface area contributed by atoms with Crippen LogP contribution in [0.5, 0.6) is 0 Å². The largest absolute Gasteiger partial charge is 0.379 e. The van der Waals surface area contributed by atoms with Crippen molar-refractivity contribution in [1.29, 1.82) is 0 Å². The molecule has 18 heavy (non-hydrogen) atoms. The van der Waals surface area contributed by atoms with Crippen LogP contribution in [0.1, 0.15) is 44.6 Å². The third kappa shape index (κ3) is 8.26. The molecular formula is C16H26O2. The van der Waals surface area contributed by atoms with Crippen LogP contribution in [0.15, 0.2) is 30.3 Å². The first-order valence-electron chi connectivity index (χ1n) is 7.13. The van der Waals surface area contributed by atoms with Crippen LogP contribution in [0.2, 0.25) is 0 Å². The van der Waals surface area contributed by atoms with Crippen LogP contribution in [0.3, 0.4) is 0 Å². The summed E-state index contributed by atoms with van der Waals surface area (Å²) in [6.45, 7) is 5.18. The minimum atomic E-state index is 0.681. The van der Waals surface area contributed by atoms with Gasteiger partial charge in [-0.15, -0.1) is 0 Å². The van der Waals surface area contributed by atoms with Gasteiger partial charge in [-0.1, -0.05) is 62.9 Å². The van der Waals surface area contributed by atoms with Crippen molar-refractivity contribution in [2.75, 3.05) is 19.8 Å². The topological polar surface area (TPSA) is 18.5 Å². The van der Waals surface area contributed by atoms with Gasteiger partial charge in [-0.25, -0.2) is 0 Å². The van der Waals surface area contributed by atoms with Gasteiger partial charge in [-0.05, 0) is 12.0 Å². The first-order valence-corrected chi connectivity index (χ1v) is 7.13. The lowest BCUT2D eigenvalue weighted by Gasteiger charge is -2.06. The molecule has 102 valence electrons. The first-order chi connectivity index (χ1) is 8.93. The SMILES string of the molecule is CCCCCCCOCCOCc1ccccc1. The maximum atomic E-state index is 5.54. The average molecular weight is 250 g/mol. The molecule has 0 amide bonds. The van der Waals surface area contributed by atoms with Gasteiger partial charge in [0.15, 0.2) is 0 Å². The summed E-state index contributed by atoms with van der Waals surface area (Å²) in [6, 6.07) is 10.2. The summed E-state index contributed by atoms with van der Waals surface area (Å²) < 4.78 is 11.1. The Kier molecular flexibility index (Phi) is 9.49. The van der Waals surface area contributed by atoms with E-state index in [-0.39, 0.29) is 0 Å². The number of benzene rings is 1. The van der Waals surface area contributed by atoms with Gasteiger partial charge >= 0.3 is 0 Å². The van der Waals surface area contributed by atoms with E-state index in [0.717, 1.165) is 6.61 Å². The smallest absolute Gasteiger partial charge is 0.0718 e. The van der Waals surface area contributed by atoms with E-state index in [4.69, 9.17) is 9.47 Å². The van der Waals surface area contributed by atoms with Crippen LogP contribution in [0.25, 0.3) is 0 Å². The maximum Gasteiger partial charge on any atom is 0.0718 e. The number of hydrogen-bond donors (Lipinski definition) is 0. The van der Waals surface area contributed by atoms with Crippen LogP contribution >= 0.6 is 0 Å². The second-order valence-electron chi connectivity index (χ2n) is 4.56. The predicted octanol–water partition coefficient (Wildman–Crippen LogP) is 4.19. The van der Waals surface area contributed by atoms with Crippen molar-refractivity contribution in [3.63, 3.8) is 0 Å². The second kappa shape index (κ2) is 11.2. The molecule has 0 saturated heterocycles. The van der Waals surface area contributed by atoms with Crippen molar-refractivity contribution >= 4 is 0 Å². The van der Waals surface area contributed by atoms with Crippen molar-refractivity contribution in [1.82, 2.24) is 0 Å². The molecule has 0 saturated carbocycles. The molecule has 2 nitrogen and oxygen atoms in total. The molecule has 0 fully saturated rings. The Bertz CT molecular complexity index is 272. The fourth-order valence-corrected chi connectivity index (χ4v) is 1.79. The van der Waals surface area contributed by atoms with E-state index in [0.29, 0.717) is 19.8 Å². The van der Waals surface area contributed by atoms with Gasteiger partial charge < -0.3 is 9.47 Å². The quantitative estimate of drug-likeness (QED) is 0.548. The van der Waals surface area contributed by atoms with E-state index >= 15 is 0 Å².